The van der Waals surface area contributed by atoms with E-state index in [2.05, 4.69) is 57.2 Å². The van der Waals surface area contributed by atoms with E-state index in [0.717, 1.165) is 21.5 Å². The number of nitrogens with one attached hydrogen (secondary N) is 1. The van der Waals surface area contributed by atoms with Crippen molar-refractivity contribution in [2.45, 2.75) is 6.54 Å². The van der Waals surface area contributed by atoms with Gasteiger partial charge in [0.1, 0.15) is 0 Å². The summed E-state index contributed by atoms with van der Waals surface area (Å²) < 4.78 is 0. The van der Waals surface area contributed by atoms with Crippen molar-refractivity contribution in [2.24, 2.45) is 0 Å². The minimum atomic E-state index is -3.24. The first-order valence-corrected chi connectivity index (χ1v) is 14.8. The molecule has 0 aromatic heterocycles. The number of benzene rings is 4. The third-order valence-electron chi connectivity index (χ3n) is 5.66. The van der Waals surface area contributed by atoms with Crippen LogP contribution in [0, 0.1) is 0 Å². The Morgan fingerprint density at radius 2 is 0.968 bits per heavy atom. The second-order valence-electron chi connectivity index (χ2n) is 7.61. The average molecular weight is 490 g/mol. The summed E-state index contributed by atoms with van der Waals surface area (Å²) in [5.41, 5.74) is 1.09. The van der Waals surface area contributed by atoms with Crippen LogP contribution >= 0.6 is 20.8 Å². The third kappa shape index (κ3) is 4.21. The van der Waals surface area contributed by atoms with Crippen LogP contribution in [0.3, 0.4) is 0 Å². The quantitative estimate of drug-likeness (QED) is 0.357. The fraction of sp³-hybridized carbons (Fsp3) is 0.0741. The average Bonchev–Trinajstić information content (AvgIpc) is 2.85. The molecule has 0 bridgehead atoms. The van der Waals surface area contributed by atoms with E-state index in [1.165, 1.54) is 0 Å². The number of carbonyl (C=O) groups excluding carboxylic acids is 1. The molecule has 4 heteroatoms. The molecule has 0 aliphatic carbocycles. The molecule has 4 aromatic carbocycles. The van der Waals surface area contributed by atoms with E-state index < -0.39 is 5.31 Å². The molecule has 31 heavy (non-hydrogen) atoms. The second-order valence-corrected chi connectivity index (χ2v) is 16.5. The predicted molar refractivity (Wildman–Crippen MR) is 137 cm³/mol. The Morgan fingerprint density at radius 1 is 0.613 bits per heavy atom. The van der Waals surface area contributed by atoms with E-state index in [0.29, 0.717) is 12.7 Å². The molecule has 0 heterocycles. The van der Waals surface area contributed by atoms with Gasteiger partial charge >= 0.3 is 192 Å². The van der Waals surface area contributed by atoms with Crippen LogP contribution in [0.2, 0.25) is 0 Å². The molecule has 0 saturated carbocycles. The molecule has 0 unspecified atom stereocenters. The van der Waals surface area contributed by atoms with E-state index >= 15 is 0 Å². The summed E-state index contributed by atoms with van der Waals surface area (Å²) in [5, 5.41) is 3.33. The molecule has 0 radical (unpaired) electrons. The van der Waals surface area contributed by atoms with Crippen molar-refractivity contribution in [1.82, 2.24) is 5.32 Å². The fourth-order valence-electron chi connectivity index (χ4n) is 4.06. The van der Waals surface area contributed by atoms with Crippen LogP contribution in [0.25, 0.3) is 0 Å². The van der Waals surface area contributed by atoms with Gasteiger partial charge in [-0.05, 0) is 0 Å². The first-order chi connectivity index (χ1) is 15.1. The van der Waals surface area contributed by atoms with Crippen molar-refractivity contribution >= 4 is 42.6 Å². The summed E-state index contributed by atoms with van der Waals surface area (Å²) in [6, 6.07) is 41.2. The van der Waals surface area contributed by atoms with Gasteiger partial charge in [0.2, 0.25) is 0 Å². The summed E-state index contributed by atoms with van der Waals surface area (Å²) in [6.07, 6.45) is 0.344. The van der Waals surface area contributed by atoms with Crippen LogP contribution < -0.4 is 21.2 Å². The van der Waals surface area contributed by atoms with Crippen LogP contribution in [0.15, 0.2) is 121 Å². The molecule has 0 aliphatic heterocycles. The second kappa shape index (κ2) is 9.18. The van der Waals surface area contributed by atoms with Gasteiger partial charge in [-0.25, -0.2) is 0 Å². The summed E-state index contributed by atoms with van der Waals surface area (Å²) in [6.45, 7) is 0.511. The van der Waals surface area contributed by atoms with Crippen LogP contribution in [0.1, 0.15) is 5.56 Å². The molecule has 0 spiro atoms. The van der Waals surface area contributed by atoms with Gasteiger partial charge in [0.25, 0.3) is 0 Å². The first kappa shape index (κ1) is 21.5. The summed E-state index contributed by atoms with van der Waals surface area (Å²) >= 11 is 4.31. The van der Waals surface area contributed by atoms with Crippen LogP contribution in [0.4, 0.5) is 0 Å². The summed E-state index contributed by atoms with van der Waals surface area (Å²) in [5.74, 6) is 0.0231. The molecule has 1 amide bonds. The monoisotopic (exact) mass is 489 g/mol. The maximum absolute atomic E-state index is 13.4. The number of amides is 1. The van der Waals surface area contributed by atoms with Gasteiger partial charge in [-0.3, -0.25) is 0 Å². The molecule has 2 nitrogen and oxygen atoms in total. The number of halogens is 1. The molecule has 0 saturated heterocycles. The SMILES string of the molecule is O=C(CP(Br)(c1ccccc1)(c1ccccc1)c1ccccc1)NCc1ccccc1. The molecule has 0 aliphatic rings. The molecule has 0 atom stereocenters. The Morgan fingerprint density at radius 3 is 1.35 bits per heavy atom. The predicted octanol–water partition coefficient (Wildman–Crippen LogP) is 5.14. The standard InChI is InChI=1S/C27H25BrNOP/c28-31(24-15-7-2-8-16-24,25-17-9-3-10-18-25,26-19-11-4-12-20-26)22-27(30)29-21-23-13-5-1-6-14-23/h1-20H,21-22H2,(H,29,30). The van der Waals surface area contributed by atoms with Crippen LogP contribution in [-0.4, -0.2) is 12.1 Å². The van der Waals surface area contributed by atoms with E-state index in [1.54, 1.807) is 0 Å². The number of carbonyl (C=O) groups is 1. The van der Waals surface area contributed by atoms with E-state index in [1.807, 2.05) is 84.9 Å². The van der Waals surface area contributed by atoms with E-state index in [4.69, 9.17) is 0 Å². The zero-order chi connectivity index (χ0) is 21.6. The molecule has 1 N–H and O–H groups in total. The molecular weight excluding hydrogens is 465 g/mol. The van der Waals surface area contributed by atoms with Gasteiger partial charge in [-0.1, -0.05) is 0 Å². The number of rotatable bonds is 7. The molecule has 0 fully saturated rings. The zero-order valence-corrected chi connectivity index (χ0v) is 19.7. The van der Waals surface area contributed by atoms with Gasteiger partial charge < -0.3 is 0 Å². The Labute approximate surface area is 192 Å². The molecular formula is C27H25BrNOP. The molecule has 156 valence electrons. The third-order valence-corrected chi connectivity index (χ3v) is 15.1. The minimum absolute atomic E-state index is 0.0231. The van der Waals surface area contributed by atoms with Crippen molar-refractivity contribution in [1.29, 1.82) is 0 Å². The number of hydrogen-bond acceptors (Lipinski definition) is 1. The van der Waals surface area contributed by atoms with Crippen molar-refractivity contribution in [3.8, 4) is 0 Å². The van der Waals surface area contributed by atoms with Crippen molar-refractivity contribution in [3.05, 3.63) is 127 Å². The van der Waals surface area contributed by atoms with Crippen molar-refractivity contribution in [3.63, 3.8) is 0 Å². The Hall–Kier alpha value is -2.74. The normalized spacial score (nSPS) is 12.5. The maximum atomic E-state index is 13.4. The zero-order valence-electron chi connectivity index (χ0n) is 17.2. The topological polar surface area (TPSA) is 29.1 Å². The molecule has 4 aromatic rings. The Balaban J connectivity index is 1.83. The fourth-order valence-corrected chi connectivity index (χ4v) is 11.3. The first-order valence-electron chi connectivity index (χ1n) is 10.3. The van der Waals surface area contributed by atoms with E-state index in [9.17, 15) is 4.79 Å². The van der Waals surface area contributed by atoms with E-state index in [-0.39, 0.29) is 5.91 Å². The summed E-state index contributed by atoms with van der Waals surface area (Å²) in [4.78, 5) is 13.4. The van der Waals surface area contributed by atoms with Gasteiger partial charge in [0, 0.05) is 0 Å². The van der Waals surface area contributed by atoms with Crippen molar-refractivity contribution < 1.29 is 4.79 Å². The van der Waals surface area contributed by atoms with Gasteiger partial charge in [-0.2, -0.15) is 0 Å². The van der Waals surface area contributed by atoms with Crippen LogP contribution in [-0.2, 0) is 11.3 Å². The van der Waals surface area contributed by atoms with Gasteiger partial charge in [0.05, 0.1) is 0 Å². The Kier molecular flexibility index (Phi) is 6.36. The van der Waals surface area contributed by atoms with Gasteiger partial charge in [-0.15, -0.1) is 0 Å². The van der Waals surface area contributed by atoms with Crippen molar-refractivity contribution in [2.75, 3.05) is 6.16 Å². The summed E-state index contributed by atoms with van der Waals surface area (Å²) in [7, 11) is 0. The molecule has 4 rings (SSSR count). The number of hydrogen-bond donors (Lipinski definition) is 1. The van der Waals surface area contributed by atoms with Gasteiger partial charge in [0.15, 0.2) is 0 Å². The van der Waals surface area contributed by atoms with Crippen LogP contribution in [0.5, 0.6) is 0 Å². The Bertz CT molecular complexity index is 1040.